The summed E-state index contributed by atoms with van der Waals surface area (Å²) in [5.41, 5.74) is 14.5. The summed E-state index contributed by atoms with van der Waals surface area (Å²) in [4.78, 5) is 0. The van der Waals surface area contributed by atoms with Crippen molar-refractivity contribution < 1.29 is 0 Å². The molecule has 0 saturated heterocycles. The molecule has 0 radical (unpaired) electrons. The molecule has 9 aromatic rings. The molecule has 2 heterocycles. The maximum Gasteiger partial charge on any atom is 0.0638 e. The highest BCUT2D eigenvalue weighted by Gasteiger charge is 2.25. The van der Waals surface area contributed by atoms with Crippen molar-refractivity contribution in [3.63, 3.8) is 0 Å². The lowest BCUT2D eigenvalue weighted by Gasteiger charge is -2.23. The van der Waals surface area contributed by atoms with E-state index in [2.05, 4.69) is 185 Å². The summed E-state index contributed by atoms with van der Waals surface area (Å²) in [6.45, 7) is 0. The minimum atomic E-state index is 0.250. The predicted molar refractivity (Wildman–Crippen MR) is 222 cm³/mol. The van der Waals surface area contributed by atoms with Gasteiger partial charge in [-0.25, -0.2) is 0 Å². The van der Waals surface area contributed by atoms with Crippen LogP contribution in [0.2, 0.25) is 0 Å². The number of allylic oxidation sites excluding steroid dienone is 5. The average Bonchev–Trinajstić information content (AvgIpc) is 3.74. The van der Waals surface area contributed by atoms with Crippen LogP contribution < -0.4 is 0 Å². The smallest absolute Gasteiger partial charge is 0.0638 e. The van der Waals surface area contributed by atoms with Crippen LogP contribution in [-0.2, 0) is 6.42 Å². The van der Waals surface area contributed by atoms with Crippen molar-refractivity contribution in [1.82, 2.24) is 9.13 Å². The molecule has 0 saturated carbocycles. The van der Waals surface area contributed by atoms with E-state index in [1.807, 2.05) is 0 Å². The molecule has 246 valence electrons. The number of benzene rings is 7. The Morgan fingerprint density at radius 3 is 2.10 bits per heavy atom. The molecule has 1 atom stereocenters. The maximum absolute atomic E-state index is 2.59. The van der Waals surface area contributed by atoms with E-state index in [-0.39, 0.29) is 6.04 Å². The molecule has 2 aliphatic rings. The van der Waals surface area contributed by atoms with Crippen molar-refractivity contribution in [2.24, 2.45) is 0 Å². The number of hydrogen-bond donors (Lipinski definition) is 0. The Morgan fingerprint density at radius 2 is 1.23 bits per heavy atom. The molecule has 0 spiro atoms. The Hall–Kier alpha value is -6.38. The Balaban J connectivity index is 1.04. The summed E-state index contributed by atoms with van der Waals surface area (Å²) < 4.78 is 5.17. The molecule has 0 amide bonds. The minimum Gasteiger partial charge on any atom is -0.333 e. The van der Waals surface area contributed by atoms with Crippen LogP contribution in [0, 0.1) is 0 Å². The van der Waals surface area contributed by atoms with Gasteiger partial charge in [0.05, 0.1) is 22.6 Å². The summed E-state index contributed by atoms with van der Waals surface area (Å²) in [7, 11) is 0. The normalized spacial score (nSPS) is 15.8. The fourth-order valence-corrected chi connectivity index (χ4v) is 9.06. The Morgan fingerprint density at radius 1 is 0.500 bits per heavy atom. The first kappa shape index (κ1) is 29.4. The highest BCUT2D eigenvalue weighted by molar-refractivity contribution is 6.26. The van der Waals surface area contributed by atoms with E-state index < -0.39 is 0 Å². The van der Waals surface area contributed by atoms with E-state index in [1.54, 1.807) is 0 Å². The predicted octanol–water partition coefficient (Wildman–Crippen LogP) is 13.3. The molecular formula is C50H36N2. The van der Waals surface area contributed by atoms with Gasteiger partial charge in [0, 0.05) is 32.8 Å². The topological polar surface area (TPSA) is 9.86 Å². The zero-order valence-electron chi connectivity index (χ0n) is 28.8. The zero-order chi connectivity index (χ0) is 34.2. The lowest BCUT2D eigenvalue weighted by molar-refractivity contribution is 0.635. The molecule has 0 fully saturated rings. The summed E-state index contributed by atoms with van der Waals surface area (Å²) in [6.07, 6.45) is 12.4. The largest absolute Gasteiger partial charge is 0.333 e. The lowest BCUT2D eigenvalue weighted by atomic mass is 9.93. The molecule has 2 aromatic heterocycles. The molecule has 1 unspecified atom stereocenters. The van der Waals surface area contributed by atoms with Crippen molar-refractivity contribution in [3.8, 4) is 11.1 Å². The van der Waals surface area contributed by atoms with Crippen LogP contribution >= 0.6 is 0 Å². The zero-order valence-corrected chi connectivity index (χ0v) is 28.8. The quantitative estimate of drug-likeness (QED) is 0.177. The van der Waals surface area contributed by atoms with Gasteiger partial charge in [-0.1, -0.05) is 146 Å². The standard InChI is InChI=1S/C50H36N2/c1-3-11-38-31-40(22-21-33(38)9-1)37-19-17-35(18-20-37)36-23-26-41(27-24-36)52-46-15-7-5-13-43(46)44-29-30-48-49(50(44)52)45-14-6-8-16-47(45)51(48)42-28-25-34-10-2-4-12-39(34)32-42/h1-23,25-26,28-31,42H,24,27,32H2. The monoisotopic (exact) mass is 664 g/mol. The molecule has 11 rings (SSSR count). The molecule has 2 heteroatoms. The summed E-state index contributed by atoms with van der Waals surface area (Å²) in [5, 5.41) is 7.84. The molecule has 0 aliphatic heterocycles. The second-order valence-electron chi connectivity index (χ2n) is 14.4. The number of aromatic nitrogens is 2. The summed E-state index contributed by atoms with van der Waals surface area (Å²) in [6, 6.07) is 56.3. The first-order valence-electron chi connectivity index (χ1n) is 18.5. The van der Waals surface area contributed by atoms with Gasteiger partial charge in [-0.3, -0.25) is 0 Å². The van der Waals surface area contributed by atoms with Crippen LogP contribution in [0.25, 0.3) is 82.9 Å². The Bertz CT molecular complexity index is 2980. The fourth-order valence-electron chi connectivity index (χ4n) is 9.06. The number of fused-ring (bicyclic) bond motifs is 9. The van der Waals surface area contributed by atoms with Gasteiger partial charge in [0.15, 0.2) is 0 Å². The van der Waals surface area contributed by atoms with Crippen LogP contribution in [0.15, 0.2) is 170 Å². The van der Waals surface area contributed by atoms with Gasteiger partial charge >= 0.3 is 0 Å². The molecule has 2 nitrogen and oxygen atoms in total. The minimum absolute atomic E-state index is 0.250. The van der Waals surface area contributed by atoms with Crippen LogP contribution in [0.5, 0.6) is 0 Å². The SMILES string of the molecule is C1=CC(n2c3ccccc3c3c4c(ccc32)c2ccccc2n4C2=CC=C(c3ccc(-c4ccc5ccccc5c4)cc3)CC2)Cc2ccccc21. The summed E-state index contributed by atoms with van der Waals surface area (Å²) in [5.74, 6) is 0. The van der Waals surface area contributed by atoms with Crippen molar-refractivity contribution in [2.75, 3.05) is 0 Å². The number of nitrogens with zero attached hydrogens (tertiary/aromatic N) is 2. The summed E-state index contributed by atoms with van der Waals surface area (Å²) >= 11 is 0. The highest BCUT2D eigenvalue weighted by Crippen LogP contribution is 2.44. The van der Waals surface area contributed by atoms with E-state index in [0.717, 1.165) is 19.3 Å². The highest BCUT2D eigenvalue weighted by atomic mass is 15.0. The van der Waals surface area contributed by atoms with E-state index in [9.17, 15) is 0 Å². The molecule has 0 N–H and O–H groups in total. The van der Waals surface area contributed by atoms with Gasteiger partial charge in [-0.2, -0.15) is 0 Å². The van der Waals surface area contributed by atoms with Crippen molar-refractivity contribution in [1.29, 1.82) is 0 Å². The van der Waals surface area contributed by atoms with Gasteiger partial charge in [-0.05, 0) is 93.8 Å². The van der Waals surface area contributed by atoms with E-state index in [0.29, 0.717) is 0 Å². The van der Waals surface area contributed by atoms with Crippen LogP contribution in [0.3, 0.4) is 0 Å². The van der Waals surface area contributed by atoms with E-state index >= 15 is 0 Å². The van der Waals surface area contributed by atoms with Crippen LogP contribution in [-0.4, -0.2) is 9.13 Å². The van der Waals surface area contributed by atoms with Gasteiger partial charge in [0.2, 0.25) is 0 Å². The lowest BCUT2D eigenvalue weighted by Crippen LogP contribution is -2.12. The Labute approximate surface area is 302 Å². The van der Waals surface area contributed by atoms with Crippen molar-refractivity contribution in [2.45, 2.75) is 25.3 Å². The van der Waals surface area contributed by atoms with Gasteiger partial charge in [-0.15, -0.1) is 0 Å². The van der Waals surface area contributed by atoms with Gasteiger partial charge < -0.3 is 9.13 Å². The van der Waals surface area contributed by atoms with Gasteiger partial charge in [0.1, 0.15) is 0 Å². The molecule has 52 heavy (non-hydrogen) atoms. The maximum atomic E-state index is 2.59. The number of hydrogen-bond acceptors (Lipinski definition) is 0. The average molecular weight is 665 g/mol. The second kappa shape index (κ2) is 11.6. The first-order valence-corrected chi connectivity index (χ1v) is 18.5. The third-order valence-electron chi connectivity index (χ3n) is 11.6. The third-order valence-corrected chi connectivity index (χ3v) is 11.6. The van der Waals surface area contributed by atoms with Gasteiger partial charge in [0.25, 0.3) is 0 Å². The molecule has 0 bridgehead atoms. The number of para-hydroxylation sites is 2. The molecular weight excluding hydrogens is 629 g/mol. The van der Waals surface area contributed by atoms with Crippen molar-refractivity contribution >= 4 is 71.7 Å². The van der Waals surface area contributed by atoms with E-state index in [1.165, 1.54) is 93.5 Å². The Kier molecular flexibility index (Phi) is 6.54. The van der Waals surface area contributed by atoms with Crippen LogP contribution in [0.1, 0.15) is 35.6 Å². The number of rotatable bonds is 4. The third kappa shape index (κ3) is 4.50. The fraction of sp³-hybridized carbons (Fsp3) is 0.0800. The molecule has 2 aliphatic carbocycles. The molecule has 7 aromatic carbocycles. The second-order valence-corrected chi connectivity index (χ2v) is 14.4. The van der Waals surface area contributed by atoms with Crippen LogP contribution in [0.4, 0.5) is 0 Å². The first-order chi connectivity index (χ1) is 25.8. The van der Waals surface area contributed by atoms with E-state index in [4.69, 9.17) is 0 Å². The van der Waals surface area contributed by atoms with Crippen molar-refractivity contribution in [3.05, 3.63) is 187 Å².